The van der Waals surface area contributed by atoms with Crippen molar-refractivity contribution in [1.29, 1.82) is 0 Å². The monoisotopic (exact) mass is 314 g/mol. The number of hydrogen-bond acceptors (Lipinski definition) is 4. The van der Waals surface area contributed by atoms with E-state index < -0.39 is 5.60 Å². The van der Waals surface area contributed by atoms with E-state index in [0.717, 1.165) is 16.9 Å². The average molecular weight is 314 g/mol. The second kappa shape index (κ2) is 5.69. The van der Waals surface area contributed by atoms with Gasteiger partial charge in [0.25, 0.3) is 0 Å². The molecule has 0 bridgehead atoms. The first-order valence-electron chi connectivity index (χ1n) is 7.17. The van der Waals surface area contributed by atoms with Gasteiger partial charge in [-0.25, -0.2) is 4.79 Å². The Hall–Kier alpha value is -1.94. The number of ether oxygens (including phenoxy) is 1. The Labute approximate surface area is 134 Å². The van der Waals surface area contributed by atoms with E-state index in [1.165, 1.54) is 0 Å². The van der Waals surface area contributed by atoms with Crippen molar-refractivity contribution in [3.8, 4) is 0 Å². The number of carbonyl (C=O) groups excluding carboxylic acids is 1. The molecule has 0 amide bonds. The van der Waals surface area contributed by atoms with Crippen LogP contribution in [0.3, 0.4) is 0 Å². The fraction of sp³-hybridized carbons (Fsp3) is 0.278. The van der Waals surface area contributed by atoms with Gasteiger partial charge in [0, 0.05) is 5.56 Å². The van der Waals surface area contributed by atoms with Crippen molar-refractivity contribution in [2.45, 2.75) is 31.6 Å². The van der Waals surface area contributed by atoms with E-state index in [4.69, 9.17) is 9.15 Å². The van der Waals surface area contributed by atoms with Crippen LogP contribution < -0.4 is 0 Å². The van der Waals surface area contributed by atoms with Crippen LogP contribution in [-0.2, 0) is 9.53 Å². The van der Waals surface area contributed by atoms with E-state index in [2.05, 4.69) is 12.1 Å². The molecule has 0 N–H and O–H groups in total. The van der Waals surface area contributed by atoms with Gasteiger partial charge in [0.2, 0.25) is 0 Å². The van der Waals surface area contributed by atoms with Crippen LogP contribution in [0.15, 0.2) is 52.5 Å². The summed E-state index contributed by atoms with van der Waals surface area (Å²) in [7, 11) is 0. The fourth-order valence-corrected chi connectivity index (χ4v) is 3.47. The molecule has 0 fully saturated rings. The Bertz CT molecular complexity index is 707. The number of rotatable bonds is 2. The largest absolute Gasteiger partial charge is 0.467 e. The molecule has 0 radical (unpaired) electrons. The maximum absolute atomic E-state index is 12.4. The molecule has 1 unspecified atom stereocenters. The Morgan fingerprint density at radius 1 is 1.18 bits per heavy atom. The lowest BCUT2D eigenvalue weighted by atomic mass is 10.0. The molecular formula is C18H18O3S. The van der Waals surface area contributed by atoms with Crippen LogP contribution in [0, 0.1) is 0 Å². The van der Waals surface area contributed by atoms with Gasteiger partial charge < -0.3 is 9.15 Å². The van der Waals surface area contributed by atoms with Crippen molar-refractivity contribution < 1.29 is 13.9 Å². The summed E-state index contributed by atoms with van der Waals surface area (Å²) in [6.07, 6.45) is 1.63. The first-order valence-corrected chi connectivity index (χ1v) is 8.12. The van der Waals surface area contributed by atoms with Gasteiger partial charge in [0.1, 0.15) is 11.4 Å². The Kier molecular flexibility index (Phi) is 3.87. The van der Waals surface area contributed by atoms with Crippen molar-refractivity contribution in [3.63, 3.8) is 0 Å². The third kappa shape index (κ3) is 2.97. The second-order valence-corrected chi connectivity index (χ2v) is 7.14. The number of furan rings is 1. The van der Waals surface area contributed by atoms with E-state index in [9.17, 15) is 4.79 Å². The molecule has 0 saturated carbocycles. The minimum atomic E-state index is -0.511. The Morgan fingerprint density at radius 3 is 2.59 bits per heavy atom. The van der Waals surface area contributed by atoms with Gasteiger partial charge in [-0.05, 0) is 37.8 Å². The minimum absolute atomic E-state index is 0.0670. The lowest BCUT2D eigenvalue weighted by Gasteiger charge is -2.24. The topological polar surface area (TPSA) is 39.4 Å². The highest BCUT2D eigenvalue weighted by Gasteiger charge is 2.31. The van der Waals surface area contributed by atoms with Gasteiger partial charge >= 0.3 is 5.97 Å². The number of esters is 1. The molecule has 1 aromatic heterocycles. The highest BCUT2D eigenvalue weighted by molar-refractivity contribution is 8.02. The van der Waals surface area contributed by atoms with Crippen molar-refractivity contribution in [2.24, 2.45) is 0 Å². The molecule has 1 aliphatic heterocycles. The lowest BCUT2D eigenvalue weighted by Crippen LogP contribution is -2.25. The number of hydrogen-bond donors (Lipinski definition) is 0. The summed E-state index contributed by atoms with van der Waals surface area (Å²) in [5.74, 6) is 0.494. The molecular weight excluding hydrogens is 296 g/mol. The highest BCUT2D eigenvalue weighted by Crippen LogP contribution is 2.46. The van der Waals surface area contributed by atoms with Crippen molar-refractivity contribution in [1.82, 2.24) is 0 Å². The molecule has 4 heteroatoms. The summed E-state index contributed by atoms with van der Waals surface area (Å²) >= 11 is 1.57. The van der Waals surface area contributed by atoms with Gasteiger partial charge in [-0.3, -0.25) is 0 Å². The molecule has 0 aliphatic carbocycles. The molecule has 22 heavy (non-hydrogen) atoms. The minimum Gasteiger partial charge on any atom is -0.467 e. The standard InChI is InChI=1S/C18H18O3S/c1-18(2,3)21-17(19)14-11-22-16(12-7-5-4-6-8-12)15-13(14)9-10-20-15/h4-11,16H,1-3H3. The highest BCUT2D eigenvalue weighted by atomic mass is 32.2. The van der Waals surface area contributed by atoms with E-state index in [1.807, 2.05) is 50.4 Å². The SMILES string of the molecule is CC(C)(C)OC(=O)C1=CSC(c2ccccc2)c2occc21. The predicted molar refractivity (Wildman–Crippen MR) is 88.4 cm³/mol. The summed E-state index contributed by atoms with van der Waals surface area (Å²) < 4.78 is 11.1. The predicted octanol–water partition coefficient (Wildman–Crippen LogP) is 4.80. The normalized spacial score (nSPS) is 17.6. The maximum Gasteiger partial charge on any atom is 0.339 e. The zero-order valence-corrected chi connectivity index (χ0v) is 13.6. The van der Waals surface area contributed by atoms with E-state index in [1.54, 1.807) is 18.0 Å². The van der Waals surface area contributed by atoms with Gasteiger partial charge in [-0.2, -0.15) is 0 Å². The van der Waals surface area contributed by atoms with Crippen LogP contribution in [0.2, 0.25) is 0 Å². The summed E-state index contributed by atoms with van der Waals surface area (Å²) in [6.45, 7) is 5.60. The number of benzene rings is 1. The first-order chi connectivity index (χ1) is 10.5. The first kappa shape index (κ1) is 15.0. The smallest absolute Gasteiger partial charge is 0.339 e. The van der Waals surface area contributed by atoms with E-state index >= 15 is 0 Å². The fourth-order valence-electron chi connectivity index (χ4n) is 2.36. The maximum atomic E-state index is 12.4. The van der Waals surface area contributed by atoms with Crippen LogP contribution in [0.5, 0.6) is 0 Å². The van der Waals surface area contributed by atoms with Crippen LogP contribution in [0.1, 0.15) is 42.9 Å². The summed E-state index contributed by atoms with van der Waals surface area (Å²) in [5.41, 5.74) is 2.03. The molecule has 3 nitrogen and oxygen atoms in total. The molecule has 1 atom stereocenters. The van der Waals surface area contributed by atoms with Gasteiger partial charge in [0.05, 0.1) is 17.1 Å². The molecule has 2 aromatic rings. The van der Waals surface area contributed by atoms with Gasteiger partial charge in [-0.1, -0.05) is 30.3 Å². The number of carbonyl (C=O) groups is 1. The number of thioether (sulfide) groups is 1. The molecule has 2 heterocycles. The van der Waals surface area contributed by atoms with Crippen LogP contribution in [0.4, 0.5) is 0 Å². The molecule has 1 aromatic carbocycles. The molecule has 0 spiro atoms. The zero-order valence-electron chi connectivity index (χ0n) is 12.8. The van der Waals surface area contributed by atoms with Crippen LogP contribution >= 0.6 is 11.8 Å². The quantitative estimate of drug-likeness (QED) is 0.747. The third-order valence-electron chi connectivity index (χ3n) is 3.27. The Morgan fingerprint density at radius 2 is 1.91 bits per heavy atom. The molecule has 1 aliphatic rings. The van der Waals surface area contributed by atoms with Crippen molar-refractivity contribution >= 4 is 23.3 Å². The van der Waals surface area contributed by atoms with Crippen LogP contribution in [-0.4, -0.2) is 11.6 Å². The van der Waals surface area contributed by atoms with Crippen molar-refractivity contribution in [3.05, 3.63) is 65.0 Å². The van der Waals surface area contributed by atoms with Crippen molar-refractivity contribution in [2.75, 3.05) is 0 Å². The van der Waals surface area contributed by atoms with E-state index in [-0.39, 0.29) is 11.2 Å². The van der Waals surface area contributed by atoms with Gasteiger partial charge in [-0.15, -0.1) is 11.8 Å². The molecule has 3 rings (SSSR count). The van der Waals surface area contributed by atoms with E-state index in [0.29, 0.717) is 5.57 Å². The summed E-state index contributed by atoms with van der Waals surface area (Å²) in [6, 6.07) is 12.0. The average Bonchev–Trinajstić information content (AvgIpc) is 2.94. The van der Waals surface area contributed by atoms with Gasteiger partial charge in [0.15, 0.2) is 0 Å². The van der Waals surface area contributed by atoms with Crippen LogP contribution in [0.25, 0.3) is 5.57 Å². The lowest BCUT2D eigenvalue weighted by molar-refractivity contribution is -0.147. The number of fused-ring (bicyclic) bond motifs is 1. The Balaban J connectivity index is 1.93. The molecule has 114 valence electrons. The zero-order chi connectivity index (χ0) is 15.7. The molecule has 0 saturated heterocycles. The summed E-state index contributed by atoms with van der Waals surface area (Å²) in [5, 5.41) is 1.95. The second-order valence-electron chi connectivity index (χ2n) is 6.16. The summed E-state index contributed by atoms with van der Waals surface area (Å²) in [4.78, 5) is 12.4. The third-order valence-corrected chi connectivity index (χ3v) is 4.40.